The van der Waals surface area contributed by atoms with Gasteiger partial charge in [0.2, 0.25) is 0 Å². The van der Waals surface area contributed by atoms with Gasteiger partial charge in [-0.15, -0.1) is 10.2 Å². The number of nitrogens with zero attached hydrogens (tertiary/aromatic N) is 1. The van der Waals surface area contributed by atoms with Gasteiger partial charge in [0.15, 0.2) is 6.21 Å². The van der Waals surface area contributed by atoms with Gasteiger partial charge in [-0.2, -0.15) is 0 Å². The second-order valence-electron chi connectivity index (χ2n) is 6.38. The van der Waals surface area contributed by atoms with Crippen LogP contribution in [0, 0.1) is 10.2 Å². The molecule has 0 N–H and O–H groups in total. The van der Waals surface area contributed by atoms with Crippen LogP contribution in [0.5, 0.6) is 5.75 Å². The summed E-state index contributed by atoms with van der Waals surface area (Å²) in [5.74, 6) is 1.80. The molecule has 0 unspecified atom stereocenters. The van der Waals surface area contributed by atoms with Gasteiger partial charge in [0.1, 0.15) is 25.6 Å². The third-order valence-electron chi connectivity index (χ3n) is 4.21. The third kappa shape index (κ3) is 4.50. The first-order chi connectivity index (χ1) is 12.6. The Morgan fingerprint density at radius 1 is 1.04 bits per heavy atom. The molecule has 0 amide bonds. The summed E-state index contributed by atoms with van der Waals surface area (Å²) in [5, 5.41) is 3.19. The normalized spacial score (nSPS) is 15.7. The number of hydrogen-bond acceptors (Lipinski definition) is 5. The molecule has 0 spiro atoms. The second kappa shape index (κ2) is 7.59. The number of benzene rings is 2. The standard InChI is InChI=1S/C19H17ClNO.ClHO4/c1-21(2)11-13-7-9-15-18(20)17-14-6-4-3-5-12(14)8-10-16(17)22-19(13)15;2-1(3,4)5/h3-6,8,10-11H,7,9H2,1-2H3;(H,2,3,4,5)/q+1;/p-1. The lowest BCUT2D eigenvalue weighted by Gasteiger charge is -2.22. The molecule has 2 aromatic rings. The van der Waals surface area contributed by atoms with E-state index in [1.165, 1.54) is 11.0 Å². The van der Waals surface area contributed by atoms with E-state index >= 15 is 0 Å². The summed E-state index contributed by atoms with van der Waals surface area (Å²) in [6.45, 7) is 0. The predicted molar refractivity (Wildman–Crippen MR) is 91.8 cm³/mol. The molecule has 1 aliphatic carbocycles. The summed E-state index contributed by atoms with van der Waals surface area (Å²) in [6, 6.07) is 12.4. The lowest BCUT2D eigenvalue weighted by atomic mass is 9.98. The summed E-state index contributed by atoms with van der Waals surface area (Å²) in [6.07, 6.45) is 4.04. The van der Waals surface area contributed by atoms with E-state index in [2.05, 4.69) is 29.0 Å². The SMILES string of the molecule is C[N+](C)=CC1=C2Oc3ccc4ccccc4c3C(Cl)=C2CC1.[O-][Cl+3]([O-])([O-])[O-]. The van der Waals surface area contributed by atoms with Crippen molar-refractivity contribution in [3.05, 3.63) is 58.9 Å². The summed E-state index contributed by atoms with van der Waals surface area (Å²) in [7, 11) is -0.887. The molecule has 2 aromatic carbocycles. The van der Waals surface area contributed by atoms with Crippen LogP contribution in [0.15, 0.2) is 53.3 Å². The number of rotatable bonds is 1. The van der Waals surface area contributed by atoms with Gasteiger partial charge in [-0.3, -0.25) is 0 Å². The first-order valence-electron chi connectivity index (χ1n) is 8.10. The molecule has 0 atom stereocenters. The highest BCUT2D eigenvalue weighted by atomic mass is 35.7. The summed E-state index contributed by atoms with van der Waals surface area (Å²) >= 11 is 6.77. The zero-order valence-corrected chi connectivity index (χ0v) is 16.2. The van der Waals surface area contributed by atoms with Crippen LogP contribution in [0.1, 0.15) is 18.4 Å². The minimum atomic E-state index is -4.94. The number of hydrogen-bond donors (Lipinski definition) is 0. The lowest BCUT2D eigenvalue weighted by molar-refractivity contribution is -2.00. The molecule has 0 aromatic heterocycles. The zero-order valence-electron chi connectivity index (χ0n) is 14.7. The molecule has 8 heteroatoms. The van der Waals surface area contributed by atoms with E-state index in [-0.39, 0.29) is 0 Å². The Hall–Kier alpha value is -1.93. The van der Waals surface area contributed by atoms with E-state index in [1.54, 1.807) is 0 Å². The molecular weight excluding hydrogens is 393 g/mol. The predicted octanol–water partition coefficient (Wildman–Crippen LogP) is -0.183. The first kappa shape index (κ1) is 19.8. The van der Waals surface area contributed by atoms with Gasteiger partial charge in [0.05, 0.1) is 10.6 Å². The van der Waals surface area contributed by atoms with Crippen molar-refractivity contribution in [2.45, 2.75) is 12.8 Å². The van der Waals surface area contributed by atoms with E-state index in [0.29, 0.717) is 0 Å². The van der Waals surface area contributed by atoms with E-state index in [0.717, 1.165) is 45.9 Å². The van der Waals surface area contributed by atoms with Crippen molar-refractivity contribution in [2.75, 3.05) is 14.1 Å². The smallest absolute Gasteiger partial charge is 0.169 e. The average molecular weight is 410 g/mol. The Morgan fingerprint density at radius 2 is 1.70 bits per heavy atom. The highest BCUT2D eigenvalue weighted by Crippen LogP contribution is 2.48. The van der Waals surface area contributed by atoms with Crippen LogP contribution in [-0.4, -0.2) is 24.9 Å². The van der Waals surface area contributed by atoms with Crippen molar-refractivity contribution in [1.29, 1.82) is 0 Å². The zero-order chi connectivity index (χ0) is 19.8. The van der Waals surface area contributed by atoms with Gasteiger partial charge in [0.25, 0.3) is 0 Å². The Bertz CT molecular complexity index is 979. The fourth-order valence-corrected chi connectivity index (χ4v) is 3.65. The van der Waals surface area contributed by atoms with Crippen molar-refractivity contribution < 1.29 is 38.2 Å². The Balaban J connectivity index is 0.000000376. The lowest BCUT2D eigenvalue weighted by Crippen LogP contribution is -2.68. The molecule has 27 heavy (non-hydrogen) atoms. The monoisotopic (exact) mass is 409 g/mol. The number of halogens is 2. The van der Waals surface area contributed by atoms with Crippen LogP contribution in [0.2, 0.25) is 0 Å². The topological polar surface area (TPSA) is 104 Å². The van der Waals surface area contributed by atoms with Crippen LogP contribution in [0.3, 0.4) is 0 Å². The van der Waals surface area contributed by atoms with Gasteiger partial charge in [-0.25, -0.2) is 23.2 Å². The minimum absolute atomic E-state index is 0.843. The maximum atomic E-state index is 8.49. The maximum Gasteiger partial charge on any atom is 0.169 e. The largest absolute Gasteiger partial charge is 0.456 e. The molecule has 1 heterocycles. The number of ether oxygens (including phenoxy) is 1. The molecule has 1 aliphatic heterocycles. The molecule has 142 valence electrons. The van der Waals surface area contributed by atoms with Crippen LogP contribution in [-0.2, 0) is 0 Å². The molecule has 2 aliphatic rings. The van der Waals surface area contributed by atoms with Crippen molar-refractivity contribution >= 4 is 33.6 Å². The summed E-state index contributed by atoms with van der Waals surface area (Å²) < 4.78 is 42.3. The average Bonchev–Trinajstić information content (AvgIpc) is 2.95. The van der Waals surface area contributed by atoms with Crippen LogP contribution < -0.4 is 23.4 Å². The van der Waals surface area contributed by atoms with Crippen molar-refractivity contribution in [3.8, 4) is 5.75 Å². The van der Waals surface area contributed by atoms with Crippen molar-refractivity contribution in [2.24, 2.45) is 0 Å². The highest BCUT2D eigenvalue weighted by Gasteiger charge is 2.31. The molecule has 0 radical (unpaired) electrons. The van der Waals surface area contributed by atoms with Gasteiger partial charge in [0, 0.05) is 11.1 Å². The van der Waals surface area contributed by atoms with Gasteiger partial charge >= 0.3 is 0 Å². The summed E-state index contributed by atoms with van der Waals surface area (Å²) in [4.78, 5) is 0. The number of fused-ring (bicyclic) bond motifs is 4. The fourth-order valence-electron chi connectivity index (χ4n) is 3.28. The van der Waals surface area contributed by atoms with E-state index < -0.39 is 10.2 Å². The van der Waals surface area contributed by atoms with Crippen molar-refractivity contribution in [3.63, 3.8) is 0 Å². The van der Waals surface area contributed by atoms with Crippen LogP contribution in [0.25, 0.3) is 15.8 Å². The molecule has 6 nitrogen and oxygen atoms in total. The minimum Gasteiger partial charge on any atom is -0.456 e. The van der Waals surface area contributed by atoms with Crippen LogP contribution in [0.4, 0.5) is 0 Å². The van der Waals surface area contributed by atoms with E-state index in [1.807, 2.05) is 32.3 Å². The molecule has 0 saturated carbocycles. The quantitative estimate of drug-likeness (QED) is 0.479. The third-order valence-corrected chi connectivity index (χ3v) is 4.63. The fraction of sp³-hybridized carbons (Fsp3) is 0.211. The van der Waals surface area contributed by atoms with Gasteiger partial charge in [-0.05, 0) is 29.7 Å². The first-order valence-corrected chi connectivity index (χ1v) is 9.71. The summed E-state index contributed by atoms with van der Waals surface area (Å²) in [5.41, 5.74) is 3.39. The maximum absolute atomic E-state index is 8.49. The van der Waals surface area contributed by atoms with E-state index in [9.17, 15) is 0 Å². The van der Waals surface area contributed by atoms with Gasteiger partial charge in [-0.1, -0.05) is 41.9 Å². The molecule has 0 fully saturated rings. The van der Waals surface area contributed by atoms with Crippen molar-refractivity contribution in [1.82, 2.24) is 0 Å². The van der Waals surface area contributed by atoms with Gasteiger partial charge < -0.3 is 4.74 Å². The van der Waals surface area contributed by atoms with E-state index in [4.69, 9.17) is 35.0 Å². The Labute approximate surface area is 163 Å². The van der Waals surface area contributed by atoms with Crippen LogP contribution >= 0.6 is 11.6 Å². The Kier molecular flexibility index (Phi) is 5.58. The highest BCUT2D eigenvalue weighted by molar-refractivity contribution is 6.51. The molecule has 0 saturated heterocycles. The molecule has 4 rings (SSSR count). The number of allylic oxidation sites excluding steroid dienone is 2. The molecule has 0 bridgehead atoms. The molecular formula is C19H17Cl2NO5. The second-order valence-corrected chi connectivity index (χ2v) is 7.51. The Morgan fingerprint density at radius 3 is 2.37 bits per heavy atom.